The number of ether oxygens (including phenoxy) is 3. The molecule has 1 aliphatic rings. The molecule has 2 aromatic rings. The fourth-order valence-corrected chi connectivity index (χ4v) is 3.68. The quantitative estimate of drug-likeness (QED) is 0.613. The first-order valence-corrected chi connectivity index (χ1v) is 10.7. The molecule has 0 atom stereocenters. The molecule has 0 saturated carbocycles. The van der Waals surface area contributed by atoms with Crippen LogP contribution in [0.15, 0.2) is 42.5 Å². The minimum Gasteiger partial charge on any atom is -0.497 e. The highest BCUT2D eigenvalue weighted by Crippen LogP contribution is 2.28. The molecule has 1 N–H and O–H groups in total. The fourth-order valence-electron chi connectivity index (χ4n) is 3.25. The number of rotatable bonds is 8. The Kier molecular flexibility index (Phi) is 8.57. The van der Waals surface area contributed by atoms with Gasteiger partial charge in [-0.2, -0.15) is 0 Å². The number of methoxy groups -OCH3 is 2. The Morgan fingerprint density at radius 1 is 1.13 bits per heavy atom. The van der Waals surface area contributed by atoms with Gasteiger partial charge in [0, 0.05) is 43.8 Å². The van der Waals surface area contributed by atoms with E-state index in [4.69, 9.17) is 38.0 Å². The van der Waals surface area contributed by atoms with Crippen molar-refractivity contribution in [2.45, 2.75) is 6.54 Å². The molecule has 0 unspecified atom stereocenters. The lowest BCUT2D eigenvalue weighted by Gasteiger charge is -2.31. The van der Waals surface area contributed by atoms with Crippen molar-refractivity contribution in [1.82, 2.24) is 9.80 Å². The highest BCUT2D eigenvalue weighted by Gasteiger charge is 2.16. The van der Waals surface area contributed by atoms with Crippen LogP contribution in [0.2, 0.25) is 5.02 Å². The zero-order valence-corrected chi connectivity index (χ0v) is 19.0. The van der Waals surface area contributed by atoms with E-state index in [9.17, 15) is 0 Å². The summed E-state index contributed by atoms with van der Waals surface area (Å²) in [4.78, 5) is 4.57. The van der Waals surface area contributed by atoms with Gasteiger partial charge in [-0.25, -0.2) is 0 Å². The minimum absolute atomic E-state index is 0.616. The van der Waals surface area contributed by atoms with Crippen LogP contribution in [0.3, 0.4) is 0 Å². The first-order valence-electron chi connectivity index (χ1n) is 9.91. The lowest BCUT2D eigenvalue weighted by atomic mass is 10.2. The van der Waals surface area contributed by atoms with Gasteiger partial charge < -0.3 is 24.4 Å². The summed E-state index contributed by atoms with van der Waals surface area (Å²) in [7, 11) is 3.29. The van der Waals surface area contributed by atoms with Crippen LogP contribution in [0.1, 0.15) is 5.56 Å². The van der Waals surface area contributed by atoms with Crippen LogP contribution in [0, 0.1) is 0 Å². The highest BCUT2D eigenvalue weighted by molar-refractivity contribution is 7.80. The first kappa shape index (κ1) is 22.6. The Hall–Kier alpha value is -2.06. The number of anilines is 1. The van der Waals surface area contributed by atoms with Crippen LogP contribution in [0.4, 0.5) is 5.69 Å². The Balaban J connectivity index is 1.71. The standard InChI is InChI=1S/C22H28ClN3O3S/c1-27-19-6-3-17(4-7-19)16-26(10-9-25-11-13-29-14-12-25)22(30)24-20-8-5-18(23)15-21(20)28-2/h3-8,15H,9-14,16H2,1-2H3,(H,24,30). The Morgan fingerprint density at radius 2 is 1.87 bits per heavy atom. The summed E-state index contributed by atoms with van der Waals surface area (Å²) < 4.78 is 16.2. The van der Waals surface area contributed by atoms with E-state index in [1.54, 1.807) is 20.3 Å². The largest absolute Gasteiger partial charge is 0.497 e. The second-order valence-corrected chi connectivity index (χ2v) is 7.82. The van der Waals surface area contributed by atoms with Gasteiger partial charge in [0.25, 0.3) is 0 Å². The number of hydrogen-bond acceptors (Lipinski definition) is 5. The summed E-state index contributed by atoms with van der Waals surface area (Å²) in [6.45, 7) is 5.86. The Morgan fingerprint density at radius 3 is 2.53 bits per heavy atom. The van der Waals surface area contributed by atoms with Gasteiger partial charge in [-0.3, -0.25) is 4.90 Å². The molecule has 0 amide bonds. The lowest BCUT2D eigenvalue weighted by Crippen LogP contribution is -2.44. The molecule has 1 fully saturated rings. The maximum Gasteiger partial charge on any atom is 0.173 e. The van der Waals surface area contributed by atoms with Crippen molar-refractivity contribution >= 4 is 34.6 Å². The van der Waals surface area contributed by atoms with Gasteiger partial charge in [0.2, 0.25) is 0 Å². The van der Waals surface area contributed by atoms with E-state index in [-0.39, 0.29) is 0 Å². The molecule has 0 radical (unpaired) electrons. The number of nitrogens with zero attached hydrogens (tertiary/aromatic N) is 2. The molecule has 30 heavy (non-hydrogen) atoms. The number of hydrogen-bond donors (Lipinski definition) is 1. The van der Waals surface area contributed by atoms with Crippen molar-refractivity contribution in [1.29, 1.82) is 0 Å². The third-order valence-electron chi connectivity index (χ3n) is 5.01. The molecule has 8 heteroatoms. The van der Waals surface area contributed by atoms with Gasteiger partial charge in [0.1, 0.15) is 11.5 Å². The maximum atomic E-state index is 6.09. The van der Waals surface area contributed by atoms with Crippen molar-refractivity contribution < 1.29 is 14.2 Å². The van der Waals surface area contributed by atoms with Crippen LogP contribution >= 0.6 is 23.8 Å². The van der Waals surface area contributed by atoms with E-state index in [0.717, 1.165) is 56.4 Å². The average Bonchev–Trinajstić information content (AvgIpc) is 2.78. The number of morpholine rings is 1. The van der Waals surface area contributed by atoms with Crippen LogP contribution in [-0.2, 0) is 11.3 Å². The minimum atomic E-state index is 0.616. The van der Waals surface area contributed by atoms with Crippen molar-refractivity contribution in [3.8, 4) is 11.5 Å². The highest BCUT2D eigenvalue weighted by atomic mass is 35.5. The van der Waals surface area contributed by atoms with E-state index in [1.807, 2.05) is 24.3 Å². The molecule has 0 aromatic heterocycles. The van der Waals surface area contributed by atoms with Crippen molar-refractivity contribution in [2.75, 3.05) is 58.9 Å². The molecule has 0 bridgehead atoms. The number of thiocarbonyl (C=S) groups is 1. The molecular formula is C22H28ClN3O3S. The van der Waals surface area contributed by atoms with Crippen molar-refractivity contribution in [3.63, 3.8) is 0 Å². The van der Waals surface area contributed by atoms with Crippen LogP contribution < -0.4 is 14.8 Å². The van der Waals surface area contributed by atoms with Crippen LogP contribution in [0.5, 0.6) is 11.5 Å². The molecule has 1 heterocycles. The third-order valence-corrected chi connectivity index (χ3v) is 5.61. The summed E-state index contributed by atoms with van der Waals surface area (Å²) >= 11 is 11.9. The molecule has 3 rings (SSSR count). The molecular weight excluding hydrogens is 422 g/mol. The maximum absolute atomic E-state index is 6.09. The van der Waals surface area contributed by atoms with E-state index in [1.165, 1.54) is 0 Å². The average molecular weight is 450 g/mol. The number of benzene rings is 2. The topological polar surface area (TPSA) is 46.2 Å². The zero-order valence-electron chi connectivity index (χ0n) is 17.4. The predicted octanol–water partition coefficient (Wildman–Crippen LogP) is 3.89. The molecule has 1 aliphatic heterocycles. The second-order valence-electron chi connectivity index (χ2n) is 7.00. The predicted molar refractivity (Wildman–Crippen MR) is 125 cm³/mol. The molecule has 162 valence electrons. The van der Waals surface area contributed by atoms with Gasteiger partial charge in [0.15, 0.2) is 5.11 Å². The summed E-state index contributed by atoms with van der Waals surface area (Å²) in [5, 5.41) is 4.58. The number of halogens is 1. The van der Waals surface area contributed by atoms with E-state index in [0.29, 0.717) is 22.4 Å². The van der Waals surface area contributed by atoms with Gasteiger partial charge in [-0.15, -0.1) is 0 Å². The molecule has 2 aromatic carbocycles. The molecule has 0 spiro atoms. The summed E-state index contributed by atoms with van der Waals surface area (Å²) in [6, 6.07) is 13.5. The molecule has 0 aliphatic carbocycles. The zero-order chi connectivity index (χ0) is 21.3. The summed E-state index contributed by atoms with van der Waals surface area (Å²) in [5.41, 5.74) is 1.95. The van der Waals surface area contributed by atoms with Crippen LogP contribution in [0.25, 0.3) is 0 Å². The monoisotopic (exact) mass is 449 g/mol. The van der Waals surface area contributed by atoms with Gasteiger partial charge in [0.05, 0.1) is 33.1 Å². The van der Waals surface area contributed by atoms with Gasteiger partial charge in [-0.1, -0.05) is 23.7 Å². The van der Waals surface area contributed by atoms with Crippen LogP contribution in [-0.4, -0.2) is 68.5 Å². The van der Waals surface area contributed by atoms with E-state index < -0.39 is 0 Å². The van der Waals surface area contributed by atoms with Gasteiger partial charge in [-0.05, 0) is 42.0 Å². The van der Waals surface area contributed by atoms with E-state index in [2.05, 4.69) is 27.2 Å². The summed E-state index contributed by atoms with van der Waals surface area (Å²) in [6.07, 6.45) is 0. The SMILES string of the molecule is COc1ccc(CN(CCN2CCOCC2)C(=S)Nc2ccc(Cl)cc2OC)cc1. The Bertz CT molecular complexity index is 829. The first-order chi connectivity index (χ1) is 14.6. The Labute approximate surface area is 188 Å². The third kappa shape index (κ3) is 6.47. The second kappa shape index (κ2) is 11.4. The molecule has 6 nitrogen and oxygen atoms in total. The summed E-state index contributed by atoms with van der Waals surface area (Å²) in [5.74, 6) is 1.49. The fraction of sp³-hybridized carbons (Fsp3) is 0.409. The van der Waals surface area contributed by atoms with Crippen molar-refractivity contribution in [3.05, 3.63) is 53.1 Å². The lowest BCUT2D eigenvalue weighted by molar-refractivity contribution is 0.0358. The smallest absolute Gasteiger partial charge is 0.173 e. The van der Waals surface area contributed by atoms with E-state index >= 15 is 0 Å². The number of nitrogens with one attached hydrogen (secondary N) is 1. The molecule has 1 saturated heterocycles. The normalized spacial score (nSPS) is 14.2. The van der Waals surface area contributed by atoms with Crippen molar-refractivity contribution in [2.24, 2.45) is 0 Å². The van der Waals surface area contributed by atoms with Gasteiger partial charge >= 0.3 is 0 Å².